The van der Waals surface area contributed by atoms with Crippen LogP contribution in [0.3, 0.4) is 0 Å². The Labute approximate surface area is 153 Å². The van der Waals surface area contributed by atoms with Crippen LogP contribution in [-0.2, 0) is 13.8 Å². The van der Waals surface area contributed by atoms with E-state index in [9.17, 15) is 24.2 Å². The molecule has 1 unspecified atom stereocenters. The molecule has 0 saturated carbocycles. The van der Waals surface area contributed by atoms with Gasteiger partial charge in [0, 0.05) is 18.2 Å². The van der Waals surface area contributed by atoms with E-state index in [4.69, 9.17) is 13.8 Å². The third-order valence-corrected chi connectivity index (χ3v) is 5.03. The molecule has 11 heteroatoms. The smallest absolute Gasteiger partial charge is 0.404 e. The van der Waals surface area contributed by atoms with Gasteiger partial charge in [-0.15, -0.1) is 0 Å². The van der Waals surface area contributed by atoms with Crippen LogP contribution in [0.5, 0.6) is 5.75 Å². The van der Waals surface area contributed by atoms with Crippen molar-refractivity contribution in [2.75, 3.05) is 6.61 Å². The molecule has 1 fully saturated rings. The lowest BCUT2D eigenvalue weighted by atomic mass is 10.2. The van der Waals surface area contributed by atoms with Gasteiger partial charge in [-0.1, -0.05) is 18.2 Å². The minimum atomic E-state index is -4.50. The molecule has 1 aliphatic rings. The first-order valence-electron chi connectivity index (χ1n) is 8.13. The summed E-state index contributed by atoms with van der Waals surface area (Å²) in [5.41, 5.74) is -0.916. The minimum Gasteiger partial charge on any atom is -0.404 e. The van der Waals surface area contributed by atoms with E-state index < -0.39 is 44.1 Å². The fourth-order valence-corrected chi connectivity index (χ4v) is 3.75. The van der Waals surface area contributed by atoms with Gasteiger partial charge in [0.2, 0.25) is 0 Å². The average Bonchev–Trinajstić information content (AvgIpc) is 3.00. The van der Waals surface area contributed by atoms with Crippen LogP contribution in [0.25, 0.3) is 0 Å². The van der Waals surface area contributed by atoms with Crippen LogP contribution >= 0.6 is 7.82 Å². The molecule has 146 valence electrons. The number of aliphatic hydroxyl groups excluding tert-OH is 1. The summed E-state index contributed by atoms with van der Waals surface area (Å²) in [4.78, 5) is 35.6. The fraction of sp³-hybridized carbons (Fsp3) is 0.375. The monoisotopic (exact) mass is 398 g/mol. The number of ether oxygens (including phenoxy) is 1. The normalized spacial score (nSPS) is 24.5. The fourth-order valence-electron chi connectivity index (χ4n) is 2.75. The van der Waals surface area contributed by atoms with Crippen LogP contribution in [0, 0.1) is 6.92 Å². The number of nitrogens with zero attached hydrogens (tertiary/aromatic N) is 1. The van der Waals surface area contributed by atoms with Crippen LogP contribution in [0.2, 0.25) is 0 Å². The molecule has 3 rings (SSSR count). The summed E-state index contributed by atoms with van der Waals surface area (Å²) in [5.74, 6) is 0.145. The van der Waals surface area contributed by atoms with E-state index in [-0.39, 0.29) is 12.2 Å². The standard InChI is InChI=1S/C16H19N2O8P/c1-10-8-18(16(21)17-15(10)20)14-7-12(13(9-19)24-14)26-27(22,23)25-11-5-3-2-4-6-11/h2-6,8,12-14,19H,7,9H2,1H3,(H,22,23)(H,17,20,21)/t12-,13+,14+/m0/s1. The van der Waals surface area contributed by atoms with Crippen LogP contribution in [0.15, 0.2) is 46.1 Å². The third-order valence-electron chi connectivity index (χ3n) is 4.05. The number of aromatic nitrogens is 2. The lowest BCUT2D eigenvalue weighted by Crippen LogP contribution is -2.33. The number of aryl methyl sites for hydroxylation is 1. The Hall–Kier alpha value is -2.23. The van der Waals surface area contributed by atoms with E-state index in [1.807, 2.05) is 0 Å². The predicted molar refractivity (Wildman–Crippen MR) is 93.4 cm³/mol. The van der Waals surface area contributed by atoms with Gasteiger partial charge in [-0.2, -0.15) is 0 Å². The zero-order valence-corrected chi connectivity index (χ0v) is 15.2. The molecule has 1 aromatic heterocycles. The number of nitrogens with one attached hydrogen (secondary N) is 1. The molecule has 1 aliphatic heterocycles. The van der Waals surface area contributed by atoms with Gasteiger partial charge in [0.05, 0.1) is 6.61 Å². The Morgan fingerprint density at radius 3 is 2.70 bits per heavy atom. The Morgan fingerprint density at radius 1 is 1.33 bits per heavy atom. The number of aromatic amines is 1. The maximum absolute atomic E-state index is 12.3. The number of H-pyrrole nitrogens is 1. The molecule has 0 radical (unpaired) electrons. The van der Waals surface area contributed by atoms with Gasteiger partial charge in [-0.3, -0.25) is 23.8 Å². The highest BCUT2D eigenvalue weighted by Gasteiger charge is 2.42. The molecule has 10 nitrogen and oxygen atoms in total. The van der Waals surface area contributed by atoms with Gasteiger partial charge in [0.1, 0.15) is 24.2 Å². The van der Waals surface area contributed by atoms with Gasteiger partial charge < -0.3 is 14.4 Å². The van der Waals surface area contributed by atoms with Crippen molar-refractivity contribution in [2.45, 2.75) is 31.8 Å². The lowest BCUT2D eigenvalue weighted by molar-refractivity contribution is -0.0450. The van der Waals surface area contributed by atoms with Crippen molar-refractivity contribution < 1.29 is 28.3 Å². The van der Waals surface area contributed by atoms with Gasteiger partial charge in [-0.25, -0.2) is 9.36 Å². The average molecular weight is 398 g/mol. The molecule has 27 heavy (non-hydrogen) atoms. The second kappa shape index (κ2) is 7.79. The van der Waals surface area contributed by atoms with Crippen molar-refractivity contribution in [1.82, 2.24) is 9.55 Å². The number of hydrogen-bond donors (Lipinski definition) is 3. The number of para-hydroxylation sites is 1. The van der Waals surface area contributed by atoms with Crippen molar-refractivity contribution in [1.29, 1.82) is 0 Å². The molecule has 3 N–H and O–H groups in total. The van der Waals surface area contributed by atoms with Crippen molar-refractivity contribution in [3.8, 4) is 5.75 Å². The van der Waals surface area contributed by atoms with Crippen molar-refractivity contribution in [2.24, 2.45) is 0 Å². The van der Waals surface area contributed by atoms with E-state index in [2.05, 4.69) is 4.98 Å². The Morgan fingerprint density at radius 2 is 2.04 bits per heavy atom. The van der Waals surface area contributed by atoms with Crippen molar-refractivity contribution in [3.05, 3.63) is 62.9 Å². The quantitative estimate of drug-likeness (QED) is 0.604. The second-order valence-corrected chi connectivity index (χ2v) is 7.37. The lowest BCUT2D eigenvalue weighted by Gasteiger charge is -2.20. The zero-order valence-electron chi connectivity index (χ0n) is 14.3. The predicted octanol–water partition coefficient (Wildman–Crippen LogP) is 0.689. The summed E-state index contributed by atoms with van der Waals surface area (Å²) >= 11 is 0. The molecular formula is C16H19N2O8P. The summed E-state index contributed by atoms with van der Waals surface area (Å²) in [6, 6.07) is 7.97. The summed E-state index contributed by atoms with van der Waals surface area (Å²) in [7, 11) is -4.50. The maximum atomic E-state index is 12.3. The van der Waals surface area contributed by atoms with E-state index >= 15 is 0 Å². The molecule has 0 amide bonds. The number of phosphoric acid groups is 1. The van der Waals surface area contributed by atoms with E-state index in [1.165, 1.54) is 25.3 Å². The summed E-state index contributed by atoms with van der Waals surface area (Å²) in [5, 5.41) is 9.49. The first-order valence-corrected chi connectivity index (χ1v) is 9.63. The molecule has 0 bridgehead atoms. The number of rotatable bonds is 6. The van der Waals surface area contributed by atoms with E-state index in [0.29, 0.717) is 5.56 Å². The van der Waals surface area contributed by atoms with Gasteiger partial charge >= 0.3 is 13.5 Å². The second-order valence-electron chi connectivity index (χ2n) is 6.04. The zero-order chi connectivity index (χ0) is 19.6. The van der Waals surface area contributed by atoms with Gasteiger partial charge in [-0.05, 0) is 19.1 Å². The van der Waals surface area contributed by atoms with E-state index in [1.54, 1.807) is 18.2 Å². The maximum Gasteiger partial charge on any atom is 0.527 e. The Kier molecular flexibility index (Phi) is 5.64. The minimum absolute atomic E-state index is 0.000678. The highest BCUT2D eigenvalue weighted by atomic mass is 31.2. The summed E-state index contributed by atoms with van der Waals surface area (Å²) in [6.45, 7) is 1.03. The van der Waals surface area contributed by atoms with Crippen molar-refractivity contribution in [3.63, 3.8) is 0 Å². The molecule has 2 heterocycles. The molecule has 2 aromatic rings. The van der Waals surface area contributed by atoms with Crippen molar-refractivity contribution >= 4 is 7.82 Å². The molecule has 4 atom stereocenters. The topological polar surface area (TPSA) is 140 Å². The summed E-state index contributed by atoms with van der Waals surface area (Å²) < 4.78 is 29.1. The third kappa shape index (κ3) is 4.55. The van der Waals surface area contributed by atoms with Crippen LogP contribution in [0.4, 0.5) is 0 Å². The number of benzene rings is 1. The SMILES string of the molecule is Cc1cn([C@H]2C[C@H](OP(=O)(O)Oc3ccccc3)[C@@H](CO)O2)c(=O)[nH]c1=O. The molecule has 1 saturated heterocycles. The highest BCUT2D eigenvalue weighted by molar-refractivity contribution is 7.47. The number of phosphoric ester groups is 1. The molecule has 0 aliphatic carbocycles. The molecule has 1 aromatic carbocycles. The number of hydrogen-bond acceptors (Lipinski definition) is 7. The highest BCUT2D eigenvalue weighted by Crippen LogP contribution is 2.48. The summed E-state index contributed by atoms with van der Waals surface area (Å²) in [6.07, 6.45) is -1.51. The largest absolute Gasteiger partial charge is 0.527 e. The molecular weight excluding hydrogens is 379 g/mol. The van der Waals surface area contributed by atoms with Gasteiger partial charge in [0.25, 0.3) is 5.56 Å². The Bertz CT molecular complexity index is 957. The van der Waals surface area contributed by atoms with Gasteiger partial charge in [0.15, 0.2) is 0 Å². The first kappa shape index (κ1) is 19.5. The van der Waals surface area contributed by atoms with Crippen LogP contribution in [0.1, 0.15) is 18.2 Å². The Balaban J connectivity index is 1.77. The van der Waals surface area contributed by atoms with Crippen LogP contribution in [-0.4, -0.2) is 38.4 Å². The van der Waals surface area contributed by atoms with E-state index in [0.717, 1.165) is 4.57 Å². The van der Waals surface area contributed by atoms with Crippen LogP contribution < -0.4 is 15.8 Å². The number of aliphatic hydroxyl groups is 1. The molecule has 0 spiro atoms. The first-order chi connectivity index (χ1) is 12.8.